The quantitative estimate of drug-likeness (QED) is 0.859. The van der Waals surface area contributed by atoms with E-state index in [0.29, 0.717) is 11.5 Å². The highest BCUT2D eigenvalue weighted by molar-refractivity contribution is 5.93. The van der Waals surface area contributed by atoms with E-state index in [9.17, 15) is 4.79 Å². The zero-order valence-electron chi connectivity index (χ0n) is 15.9. The Hall–Kier alpha value is -2.14. The molecular weight excluding hydrogens is 326 g/mol. The van der Waals surface area contributed by atoms with E-state index in [4.69, 9.17) is 9.72 Å². The number of rotatable bonds is 3. The molecule has 1 aliphatic carbocycles. The summed E-state index contributed by atoms with van der Waals surface area (Å²) in [7, 11) is 3.59. The number of nitrogens with one attached hydrogen (secondary N) is 1. The number of aryl methyl sites for hydroxylation is 1. The number of carbonyl (C=O) groups is 1. The Kier molecular flexibility index (Phi) is 4.57. The highest BCUT2D eigenvalue weighted by atomic mass is 16.5. The van der Waals surface area contributed by atoms with Crippen LogP contribution >= 0.6 is 0 Å². The van der Waals surface area contributed by atoms with Gasteiger partial charge in [0.1, 0.15) is 5.82 Å². The highest BCUT2D eigenvalue weighted by Crippen LogP contribution is 2.42. The number of likely N-dealkylation sites (N-methyl/N-ethyl adjacent to an activating group) is 1. The van der Waals surface area contributed by atoms with E-state index in [0.717, 1.165) is 42.9 Å². The van der Waals surface area contributed by atoms with E-state index in [2.05, 4.69) is 23.0 Å². The number of carbonyl (C=O) groups excluding carboxylic acids is 1. The molecule has 1 aliphatic heterocycles. The van der Waals surface area contributed by atoms with Crippen molar-refractivity contribution in [3.63, 3.8) is 0 Å². The van der Waals surface area contributed by atoms with Crippen molar-refractivity contribution in [2.45, 2.75) is 44.9 Å². The van der Waals surface area contributed by atoms with Crippen molar-refractivity contribution in [1.29, 1.82) is 0 Å². The van der Waals surface area contributed by atoms with E-state index >= 15 is 0 Å². The number of hydrogen-bond donors (Lipinski definition) is 1. The first-order valence-electron chi connectivity index (χ1n) is 9.56. The van der Waals surface area contributed by atoms with Crippen LogP contribution in [-0.4, -0.2) is 48.1 Å². The molecule has 5 nitrogen and oxygen atoms in total. The maximum Gasteiger partial charge on any atom is 0.338 e. The molecule has 0 spiro atoms. The third kappa shape index (κ3) is 3.05. The molecule has 0 bridgehead atoms. The number of methoxy groups -OCH3 is 1. The molecule has 0 unspecified atom stereocenters. The number of ether oxygens (including phenoxy) is 1. The van der Waals surface area contributed by atoms with Gasteiger partial charge in [-0.25, -0.2) is 9.78 Å². The van der Waals surface area contributed by atoms with Crippen LogP contribution in [0.4, 0.5) is 0 Å². The lowest BCUT2D eigenvalue weighted by Gasteiger charge is -2.28. The first-order chi connectivity index (χ1) is 12.6. The molecule has 1 aromatic heterocycles. The highest BCUT2D eigenvalue weighted by Gasteiger charge is 2.27. The molecule has 1 N–H and O–H groups in total. The fourth-order valence-corrected chi connectivity index (χ4v) is 4.02. The smallest absolute Gasteiger partial charge is 0.338 e. The number of nitrogens with zero attached hydrogens (tertiary/aromatic N) is 2. The average Bonchev–Trinajstić information content (AvgIpc) is 2.91. The minimum atomic E-state index is -0.279. The third-order valence-electron chi connectivity index (χ3n) is 5.94. The van der Waals surface area contributed by atoms with Crippen LogP contribution in [0.3, 0.4) is 0 Å². The van der Waals surface area contributed by atoms with Crippen molar-refractivity contribution in [3.8, 4) is 11.4 Å². The number of benzene rings is 1. The molecule has 138 valence electrons. The van der Waals surface area contributed by atoms with E-state index < -0.39 is 0 Å². The number of imidazole rings is 1. The monoisotopic (exact) mass is 353 g/mol. The maximum atomic E-state index is 12.2. The van der Waals surface area contributed by atoms with Gasteiger partial charge in [0.05, 0.1) is 18.4 Å². The lowest BCUT2D eigenvalue weighted by molar-refractivity contribution is 0.0600. The minimum absolute atomic E-state index is 0.279. The Labute approximate surface area is 154 Å². The molecule has 0 saturated heterocycles. The van der Waals surface area contributed by atoms with Gasteiger partial charge in [0.15, 0.2) is 0 Å². The van der Waals surface area contributed by atoms with E-state index in [1.165, 1.54) is 43.3 Å². The molecule has 4 rings (SSSR count). The van der Waals surface area contributed by atoms with Gasteiger partial charge in [0.25, 0.3) is 0 Å². The van der Waals surface area contributed by atoms with Crippen molar-refractivity contribution in [1.82, 2.24) is 14.9 Å². The van der Waals surface area contributed by atoms with Crippen molar-refractivity contribution in [2.75, 3.05) is 27.2 Å². The second kappa shape index (κ2) is 6.88. The zero-order chi connectivity index (χ0) is 18.3. The van der Waals surface area contributed by atoms with Gasteiger partial charge >= 0.3 is 5.97 Å². The number of hydrogen-bond acceptors (Lipinski definition) is 4. The van der Waals surface area contributed by atoms with Gasteiger partial charge < -0.3 is 14.6 Å². The third-order valence-corrected chi connectivity index (χ3v) is 5.94. The van der Waals surface area contributed by atoms with Crippen molar-refractivity contribution >= 4 is 5.97 Å². The Morgan fingerprint density at radius 3 is 2.73 bits per heavy atom. The van der Waals surface area contributed by atoms with Crippen molar-refractivity contribution in [3.05, 3.63) is 40.2 Å². The van der Waals surface area contributed by atoms with Gasteiger partial charge in [0, 0.05) is 37.2 Å². The number of aromatic nitrogens is 2. The van der Waals surface area contributed by atoms with Crippen LogP contribution in [-0.2, 0) is 17.6 Å². The Balaban J connectivity index is 1.79. The van der Waals surface area contributed by atoms with Crippen molar-refractivity contribution < 1.29 is 9.53 Å². The molecule has 0 amide bonds. The molecule has 2 heterocycles. The normalized spacial score (nSPS) is 18.1. The van der Waals surface area contributed by atoms with Gasteiger partial charge in [-0.3, -0.25) is 0 Å². The SMILES string of the molecule is COC(=O)c1cc(-c2nc3c([nH]2)CCN(C)CC3)c(C2CCC2)cc1C. The first kappa shape index (κ1) is 17.3. The molecule has 1 fully saturated rings. The molecule has 2 aromatic rings. The van der Waals surface area contributed by atoms with Crippen LogP contribution in [0.15, 0.2) is 12.1 Å². The van der Waals surface area contributed by atoms with Crippen LogP contribution < -0.4 is 0 Å². The average molecular weight is 353 g/mol. The van der Waals surface area contributed by atoms with E-state index in [1.54, 1.807) is 0 Å². The zero-order valence-corrected chi connectivity index (χ0v) is 15.9. The van der Waals surface area contributed by atoms with Crippen LogP contribution in [0.5, 0.6) is 0 Å². The van der Waals surface area contributed by atoms with E-state index in [1.807, 2.05) is 13.0 Å². The first-order valence-corrected chi connectivity index (χ1v) is 9.56. The predicted molar refractivity (Wildman–Crippen MR) is 102 cm³/mol. The minimum Gasteiger partial charge on any atom is -0.465 e. The summed E-state index contributed by atoms with van der Waals surface area (Å²) in [5, 5.41) is 0. The van der Waals surface area contributed by atoms with E-state index in [-0.39, 0.29) is 5.97 Å². The molecule has 5 heteroatoms. The molecule has 26 heavy (non-hydrogen) atoms. The van der Waals surface area contributed by atoms with Crippen LogP contribution in [0.25, 0.3) is 11.4 Å². The summed E-state index contributed by atoms with van der Waals surface area (Å²) >= 11 is 0. The lowest BCUT2D eigenvalue weighted by atomic mass is 9.77. The van der Waals surface area contributed by atoms with Crippen LogP contribution in [0.2, 0.25) is 0 Å². The summed E-state index contributed by atoms with van der Waals surface area (Å²) in [6.07, 6.45) is 5.68. The summed E-state index contributed by atoms with van der Waals surface area (Å²) in [5.41, 5.74) is 6.42. The van der Waals surface area contributed by atoms with Crippen molar-refractivity contribution in [2.24, 2.45) is 0 Å². The van der Waals surface area contributed by atoms with Gasteiger partial charge in [-0.2, -0.15) is 0 Å². The number of esters is 1. The van der Waals surface area contributed by atoms with Gasteiger partial charge in [-0.05, 0) is 49.9 Å². The Bertz CT molecular complexity index is 811. The van der Waals surface area contributed by atoms with Gasteiger partial charge in [0.2, 0.25) is 0 Å². The van der Waals surface area contributed by atoms with Gasteiger partial charge in [-0.1, -0.05) is 12.5 Å². The fourth-order valence-electron chi connectivity index (χ4n) is 4.02. The predicted octanol–water partition coefficient (Wildman–Crippen LogP) is 3.47. The lowest BCUT2D eigenvalue weighted by Crippen LogP contribution is -2.21. The molecular formula is C21H27N3O2. The molecule has 2 aliphatic rings. The molecule has 0 radical (unpaired) electrons. The number of fused-ring (bicyclic) bond motifs is 1. The summed E-state index contributed by atoms with van der Waals surface area (Å²) in [6, 6.07) is 4.16. The fraction of sp³-hybridized carbons (Fsp3) is 0.524. The Morgan fingerprint density at radius 2 is 2.04 bits per heavy atom. The second-order valence-electron chi connectivity index (χ2n) is 7.69. The summed E-state index contributed by atoms with van der Waals surface area (Å²) in [4.78, 5) is 23.0. The van der Waals surface area contributed by atoms with Crippen LogP contribution in [0.1, 0.15) is 58.1 Å². The summed E-state index contributed by atoms with van der Waals surface area (Å²) in [5.74, 6) is 1.21. The van der Waals surface area contributed by atoms with Crippen LogP contribution in [0, 0.1) is 6.92 Å². The molecule has 1 saturated carbocycles. The second-order valence-corrected chi connectivity index (χ2v) is 7.69. The number of aromatic amines is 1. The number of H-pyrrole nitrogens is 1. The largest absolute Gasteiger partial charge is 0.465 e. The van der Waals surface area contributed by atoms with Gasteiger partial charge in [-0.15, -0.1) is 0 Å². The topological polar surface area (TPSA) is 58.2 Å². The summed E-state index contributed by atoms with van der Waals surface area (Å²) < 4.78 is 4.98. The Morgan fingerprint density at radius 1 is 1.27 bits per heavy atom. The summed E-state index contributed by atoms with van der Waals surface area (Å²) in [6.45, 7) is 4.07. The maximum absolute atomic E-state index is 12.2. The standard InChI is InChI=1S/C21H27N3O2/c1-13-11-16(14-5-4-6-14)17(12-15(13)21(25)26-3)20-22-18-7-9-24(2)10-8-19(18)23-20/h11-12,14H,4-10H2,1-3H3,(H,22,23). The molecule has 0 atom stereocenters. The molecule has 1 aromatic carbocycles.